The molecular formula is C6H10N2OS2. The number of aryl methyl sites for hydroxylation is 1. The zero-order valence-corrected chi connectivity index (χ0v) is 7.87. The predicted molar refractivity (Wildman–Crippen MR) is 48.6 cm³/mol. The molecule has 0 saturated heterocycles. The number of aromatic nitrogens is 2. The third-order valence-electron chi connectivity index (χ3n) is 1.34. The van der Waals surface area contributed by atoms with Crippen molar-refractivity contribution in [2.45, 2.75) is 6.54 Å². The minimum Gasteiger partial charge on any atom is -0.337 e. The first-order valence-electron chi connectivity index (χ1n) is 3.24. The molecule has 1 aromatic heterocycles. The Labute approximate surface area is 72.9 Å². The van der Waals surface area contributed by atoms with E-state index in [1.54, 1.807) is 12.5 Å². The lowest BCUT2D eigenvalue weighted by Gasteiger charge is -1.97. The monoisotopic (exact) mass is 190 g/mol. The molecule has 1 heterocycles. The summed E-state index contributed by atoms with van der Waals surface area (Å²) in [6, 6.07) is 0. The Bertz CT molecular complexity index is 302. The van der Waals surface area contributed by atoms with E-state index >= 15 is 0 Å². The molecule has 1 aromatic rings. The summed E-state index contributed by atoms with van der Waals surface area (Å²) < 4.78 is 13.3. The van der Waals surface area contributed by atoms with E-state index in [9.17, 15) is 4.21 Å². The lowest BCUT2D eigenvalue weighted by atomic mass is 10.7. The van der Waals surface area contributed by atoms with Gasteiger partial charge >= 0.3 is 0 Å². The van der Waals surface area contributed by atoms with Gasteiger partial charge in [0.25, 0.3) is 0 Å². The first-order valence-corrected chi connectivity index (χ1v) is 5.37. The topological polar surface area (TPSA) is 37.8 Å². The third-order valence-corrected chi connectivity index (χ3v) is 2.45. The maximum atomic E-state index is 10.7. The van der Waals surface area contributed by atoms with Crippen LogP contribution in [0.3, 0.4) is 0 Å². The fraction of sp³-hybridized carbons (Fsp3) is 0.500. The zero-order valence-electron chi connectivity index (χ0n) is 6.24. The quantitative estimate of drug-likeness (QED) is 0.720. The Kier molecular flexibility index (Phi) is 3.02. The Morgan fingerprint density at radius 2 is 2.55 bits per heavy atom. The first-order chi connectivity index (χ1) is 5.20. The van der Waals surface area contributed by atoms with Crippen molar-refractivity contribution < 1.29 is 4.21 Å². The fourth-order valence-electron chi connectivity index (χ4n) is 0.752. The third kappa shape index (κ3) is 2.59. The second kappa shape index (κ2) is 3.82. The van der Waals surface area contributed by atoms with Gasteiger partial charge in [0.05, 0.1) is 0 Å². The summed E-state index contributed by atoms with van der Waals surface area (Å²) in [6.07, 6.45) is 5.33. The lowest BCUT2D eigenvalue weighted by molar-refractivity contribution is 0.676. The molecular weight excluding hydrogens is 180 g/mol. The average Bonchev–Trinajstić information content (AvgIpc) is 2.31. The van der Waals surface area contributed by atoms with Crippen LogP contribution in [-0.4, -0.2) is 25.8 Å². The predicted octanol–water partition coefficient (Wildman–Crippen LogP) is 0.924. The maximum Gasteiger partial charge on any atom is 0.177 e. The molecule has 0 bridgehead atoms. The van der Waals surface area contributed by atoms with Crippen LogP contribution in [0.4, 0.5) is 0 Å². The minimum absolute atomic E-state index is 0.659. The summed E-state index contributed by atoms with van der Waals surface area (Å²) in [5, 5.41) is 0. The van der Waals surface area contributed by atoms with Gasteiger partial charge in [0, 0.05) is 41.7 Å². The van der Waals surface area contributed by atoms with Gasteiger partial charge in [-0.1, -0.05) is 0 Å². The Morgan fingerprint density at radius 3 is 3.00 bits per heavy atom. The highest BCUT2D eigenvalue weighted by atomic mass is 32.2. The standard InChI is InChI=1S/C6H10N2OS2/c1-11(9)5-4-8-3-2-7-6(8)10/h2-3H,4-5H2,1H3,(H,7,10). The number of nitrogens with zero attached hydrogens (tertiary/aromatic N) is 1. The second-order valence-electron chi connectivity index (χ2n) is 2.24. The largest absolute Gasteiger partial charge is 0.337 e. The van der Waals surface area contributed by atoms with Crippen LogP contribution in [0.2, 0.25) is 0 Å². The van der Waals surface area contributed by atoms with Crippen molar-refractivity contribution in [2.75, 3.05) is 12.0 Å². The summed E-state index contributed by atoms with van der Waals surface area (Å²) in [4.78, 5) is 2.87. The molecule has 0 fully saturated rings. The summed E-state index contributed by atoms with van der Waals surface area (Å²) in [7, 11) is -0.739. The highest BCUT2D eigenvalue weighted by molar-refractivity contribution is 7.84. The van der Waals surface area contributed by atoms with Gasteiger partial charge in [0.15, 0.2) is 4.77 Å². The Balaban J connectivity index is 2.58. The molecule has 5 heteroatoms. The number of hydrogen-bond acceptors (Lipinski definition) is 2. The minimum atomic E-state index is -0.739. The van der Waals surface area contributed by atoms with Gasteiger partial charge in [0.2, 0.25) is 0 Å². The summed E-state index contributed by atoms with van der Waals surface area (Å²) in [5.74, 6) is 0.659. The summed E-state index contributed by atoms with van der Waals surface area (Å²) in [6.45, 7) is 0.728. The van der Waals surface area contributed by atoms with E-state index in [1.807, 2.05) is 10.8 Å². The van der Waals surface area contributed by atoms with Gasteiger partial charge in [0.1, 0.15) is 0 Å². The molecule has 0 amide bonds. The van der Waals surface area contributed by atoms with Crippen molar-refractivity contribution in [3.63, 3.8) is 0 Å². The van der Waals surface area contributed by atoms with Crippen LogP contribution in [-0.2, 0) is 17.3 Å². The van der Waals surface area contributed by atoms with E-state index in [4.69, 9.17) is 12.2 Å². The number of imidazole rings is 1. The summed E-state index contributed by atoms with van der Waals surface area (Å²) in [5.41, 5.74) is 0. The number of hydrogen-bond donors (Lipinski definition) is 1. The van der Waals surface area contributed by atoms with Crippen LogP contribution < -0.4 is 0 Å². The number of aromatic amines is 1. The van der Waals surface area contributed by atoms with Crippen molar-refractivity contribution in [1.82, 2.24) is 9.55 Å². The SMILES string of the molecule is CS(=O)CCn1cc[nH]c1=S. The molecule has 0 aliphatic heterocycles. The molecule has 0 spiro atoms. The molecule has 1 rings (SSSR count). The van der Waals surface area contributed by atoms with Crippen LogP contribution in [0, 0.1) is 4.77 Å². The average molecular weight is 190 g/mol. The van der Waals surface area contributed by atoms with Gasteiger partial charge in [-0.3, -0.25) is 4.21 Å². The smallest absolute Gasteiger partial charge is 0.177 e. The van der Waals surface area contributed by atoms with Gasteiger partial charge in [-0.25, -0.2) is 0 Å². The molecule has 0 aliphatic carbocycles. The fourth-order valence-corrected chi connectivity index (χ4v) is 1.43. The molecule has 0 saturated carbocycles. The Morgan fingerprint density at radius 1 is 1.82 bits per heavy atom. The van der Waals surface area contributed by atoms with E-state index < -0.39 is 10.8 Å². The van der Waals surface area contributed by atoms with Crippen molar-refractivity contribution in [2.24, 2.45) is 0 Å². The molecule has 0 aromatic carbocycles. The highest BCUT2D eigenvalue weighted by Gasteiger charge is 1.93. The van der Waals surface area contributed by atoms with Crippen molar-refractivity contribution in [3.8, 4) is 0 Å². The zero-order chi connectivity index (χ0) is 8.27. The van der Waals surface area contributed by atoms with Gasteiger partial charge in [-0.2, -0.15) is 0 Å². The molecule has 1 atom stereocenters. The first kappa shape index (κ1) is 8.67. The van der Waals surface area contributed by atoms with Crippen LogP contribution in [0.25, 0.3) is 0 Å². The van der Waals surface area contributed by atoms with Crippen LogP contribution in [0.5, 0.6) is 0 Å². The Hall–Kier alpha value is -0.420. The highest BCUT2D eigenvalue weighted by Crippen LogP contribution is 1.90. The molecule has 1 N–H and O–H groups in total. The molecule has 11 heavy (non-hydrogen) atoms. The lowest BCUT2D eigenvalue weighted by Crippen LogP contribution is -2.05. The summed E-state index contributed by atoms with van der Waals surface area (Å²) >= 11 is 4.95. The maximum absolute atomic E-state index is 10.7. The van der Waals surface area contributed by atoms with Crippen LogP contribution >= 0.6 is 12.2 Å². The van der Waals surface area contributed by atoms with Gasteiger partial charge < -0.3 is 9.55 Å². The number of rotatable bonds is 3. The van der Waals surface area contributed by atoms with Crippen LogP contribution in [0.15, 0.2) is 12.4 Å². The van der Waals surface area contributed by atoms with E-state index in [2.05, 4.69) is 4.98 Å². The second-order valence-corrected chi connectivity index (χ2v) is 4.18. The molecule has 0 aliphatic rings. The molecule has 62 valence electrons. The van der Waals surface area contributed by atoms with Gasteiger partial charge in [-0.15, -0.1) is 0 Å². The van der Waals surface area contributed by atoms with Crippen molar-refractivity contribution >= 4 is 23.0 Å². The van der Waals surface area contributed by atoms with Gasteiger partial charge in [-0.05, 0) is 12.2 Å². The van der Waals surface area contributed by atoms with E-state index in [-0.39, 0.29) is 0 Å². The molecule has 0 radical (unpaired) electrons. The van der Waals surface area contributed by atoms with Crippen molar-refractivity contribution in [1.29, 1.82) is 0 Å². The molecule has 3 nitrogen and oxygen atoms in total. The van der Waals surface area contributed by atoms with Crippen molar-refractivity contribution in [3.05, 3.63) is 17.2 Å². The number of nitrogens with one attached hydrogen (secondary N) is 1. The molecule has 1 unspecified atom stereocenters. The van der Waals surface area contributed by atoms with E-state index in [1.165, 1.54) is 0 Å². The van der Waals surface area contributed by atoms with E-state index in [0.717, 1.165) is 6.54 Å². The number of H-pyrrole nitrogens is 1. The van der Waals surface area contributed by atoms with Crippen LogP contribution in [0.1, 0.15) is 0 Å². The normalized spacial score (nSPS) is 13.2. The van der Waals surface area contributed by atoms with E-state index in [0.29, 0.717) is 10.5 Å².